The predicted molar refractivity (Wildman–Crippen MR) is 56.7 cm³/mol. The molecule has 0 aliphatic carbocycles. The van der Waals surface area contributed by atoms with E-state index in [1.807, 2.05) is 6.07 Å². The highest BCUT2D eigenvalue weighted by molar-refractivity contribution is 5.74. The molecule has 1 aromatic heterocycles. The molecule has 0 bridgehead atoms. The van der Waals surface area contributed by atoms with Crippen molar-refractivity contribution in [3.63, 3.8) is 0 Å². The highest BCUT2D eigenvalue weighted by Gasteiger charge is 2.15. The molecular weight excluding hydrogens is 208 g/mol. The van der Waals surface area contributed by atoms with Gasteiger partial charge in [-0.1, -0.05) is 0 Å². The zero-order chi connectivity index (χ0) is 11.2. The molecule has 0 saturated carbocycles. The van der Waals surface area contributed by atoms with Crippen LogP contribution in [0.4, 0.5) is 4.79 Å². The monoisotopic (exact) mass is 222 g/mol. The number of hydrogen-bond acceptors (Lipinski definition) is 4. The molecule has 1 N–H and O–H groups in total. The van der Waals surface area contributed by atoms with Gasteiger partial charge in [0, 0.05) is 19.3 Å². The zero-order valence-electron chi connectivity index (χ0n) is 8.93. The van der Waals surface area contributed by atoms with Crippen molar-refractivity contribution in [2.75, 3.05) is 26.3 Å². The van der Waals surface area contributed by atoms with Gasteiger partial charge in [0.2, 0.25) is 0 Å². The minimum atomic E-state index is -0.0750. The van der Waals surface area contributed by atoms with Crippen molar-refractivity contribution in [2.45, 2.75) is 6.54 Å². The van der Waals surface area contributed by atoms with Gasteiger partial charge >= 0.3 is 6.03 Å². The van der Waals surface area contributed by atoms with Crippen LogP contribution in [0, 0.1) is 0 Å². The van der Waals surface area contributed by atoms with Crippen molar-refractivity contribution >= 4 is 6.03 Å². The summed E-state index contributed by atoms with van der Waals surface area (Å²) < 4.78 is 5.17. The average molecular weight is 222 g/mol. The summed E-state index contributed by atoms with van der Waals surface area (Å²) in [7, 11) is 0. The summed E-state index contributed by atoms with van der Waals surface area (Å²) in [5.41, 5.74) is 0.754. The Kier molecular flexibility index (Phi) is 3.66. The smallest absolute Gasteiger partial charge is 0.317 e. The third-order valence-corrected chi connectivity index (χ3v) is 2.35. The van der Waals surface area contributed by atoms with Crippen molar-refractivity contribution in [3.8, 4) is 0 Å². The van der Waals surface area contributed by atoms with Crippen LogP contribution in [0.25, 0.3) is 0 Å². The average Bonchev–Trinajstić information content (AvgIpc) is 2.38. The number of urea groups is 1. The van der Waals surface area contributed by atoms with Crippen LogP contribution in [0.3, 0.4) is 0 Å². The maximum atomic E-state index is 11.7. The van der Waals surface area contributed by atoms with Gasteiger partial charge in [-0.3, -0.25) is 0 Å². The van der Waals surface area contributed by atoms with Crippen LogP contribution in [0.2, 0.25) is 0 Å². The van der Waals surface area contributed by atoms with Gasteiger partial charge in [0.25, 0.3) is 0 Å². The van der Waals surface area contributed by atoms with E-state index >= 15 is 0 Å². The van der Waals surface area contributed by atoms with Gasteiger partial charge < -0.3 is 15.0 Å². The molecule has 2 rings (SSSR count). The summed E-state index contributed by atoms with van der Waals surface area (Å²) in [4.78, 5) is 13.4. The minimum Gasteiger partial charge on any atom is -0.378 e. The van der Waals surface area contributed by atoms with Crippen LogP contribution >= 0.6 is 0 Å². The Morgan fingerprint density at radius 2 is 2.31 bits per heavy atom. The number of nitrogens with zero attached hydrogens (tertiary/aromatic N) is 3. The first-order chi connectivity index (χ1) is 7.86. The standard InChI is InChI=1S/C10H14N4O2/c15-10(14-4-6-16-7-5-14)11-8-9-2-1-3-12-13-9/h1-3H,4-8H2,(H,11,15). The highest BCUT2D eigenvalue weighted by Crippen LogP contribution is 1.98. The lowest BCUT2D eigenvalue weighted by Crippen LogP contribution is -2.45. The van der Waals surface area contributed by atoms with Crippen LogP contribution in [0.15, 0.2) is 18.3 Å². The van der Waals surface area contributed by atoms with E-state index < -0.39 is 0 Å². The Morgan fingerprint density at radius 1 is 1.50 bits per heavy atom. The molecule has 1 aliphatic rings. The molecule has 2 amide bonds. The molecule has 2 heterocycles. The fourth-order valence-corrected chi connectivity index (χ4v) is 1.47. The Labute approximate surface area is 93.6 Å². The maximum Gasteiger partial charge on any atom is 0.317 e. The molecule has 0 spiro atoms. The lowest BCUT2D eigenvalue weighted by molar-refractivity contribution is 0.0531. The molecule has 0 aromatic carbocycles. The van der Waals surface area contributed by atoms with Crippen LogP contribution < -0.4 is 5.32 Å². The second-order valence-corrected chi connectivity index (χ2v) is 3.47. The SMILES string of the molecule is O=C(NCc1cccnn1)N1CCOCC1. The largest absolute Gasteiger partial charge is 0.378 e. The normalized spacial score (nSPS) is 15.9. The predicted octanol–water partition coefficient (Wildman–Crippen LogP) is 0.0184. The van der Waals surface area contributed by atoms with E-state index in [1.54, 1.807) is 17.2 Å². The van der Waals surface area contributed by atoms with E-state index in [1.165, 1.54) is 0 Å². The molecular formula is C10H14N4O2. The Hall–Kier alpha value is -1.69. The summed E-state index contributed by atoms with van der Waals surface area (Å²) in [6.45, 7) is 2.92. The van der Waals surface area contributed by atoms with Crippen molar-refractivity contribution in [3.05, 3.63) is 24.0 Å². The Balaban J connectivity index is 1.79. The molecule has 6 nitrogen and oxygen atoms in total. The molecule has 0 unspecified atom stereocenters. The van der Waals surface area contributed by atoms with Crippen molar-refractivity contribution in [2.24, 2.45) is 0 Å². The van der Waals surface area contributed by atoms with Gasteiger partial charge in [-0.2, -0.15) is 10.2 Å². The third-order valence-electron chi connectivity index (χ3n) is 2.35. The first-order valence-corrected chi connectivity index (χ1v) is 5.23. The number of morpholine rings is 1. The van der Waals surface area contributed by atoms with E-state index in [9.17, 15) is 4.79 Å². The fourth-order valence-electron chi connectivity index (χ4n) is 1.47. The van der Waals surface area contributed by atoms with E-state index in [0.29, 0.717) is 32.8 Å². The number of carbonyl (C=O) groups is 1. The van der Waals surface area contributed by atoms with E-state index in [2.05, 4.69) is 15.5 Å². The molecule has 1 saturated heterocycles. The zero-order valence-corrected chi connectivity index (χ0v) is 8.93. The molecule has 0 radical (unpaired) electrons. The van der Waals surface area contributed by atoms with Crippen LogP contribution in [0.1, 0.15) is 5.69 Å². The summed E-state index contributed by atoms with van der Waals surface area (Å²) in [5.74, 6) is 0. The first kappa shape index (κ1) is 10.8. The molecule has 1 aliphatic heterocycles. The van der Waals surface area contributed by atoms with Crippen LogP contribution in [-0.2, 0) is 11.3 Å². The quantitative estimate of drug-likeness (QED) is 0.766. The number of carbonyl (C=O) groups excluding carboxylic acids is 1. The molecule has 86 valence electrons. The van der Waals surface area contributed by atoms with E-state index in [-0.39, 0.29) is 6.03 Å². The number of amides is 2. The van der Waals surface area contributed by atoms with Crippen molar-refractivity contribution in [1.82, 2.24) is 20.4 Å². The lowest BCUT2D eigenvalue weighted by atomic mass is 10.4. The summed E-state index contributed by atoms with van der Waals surface area (Å²) >= 11 is 0. The van der Waals surface area contributed by atoms with Gasteiger partial charge in [0.05, 0.1) is 25.5 Å². The number of aromatic nitrogens is 2. The molecule has 1 fully saturated rings. The molecule has 1 aromatic rings. The van der Waals surface area contributed by atoms with Crippen molar-refractivity contribution in [1.29, 1.82) is 0 Å². The van der Waals surface area contributed by atoms with Crippen LogP contribution in [0.5, 0.6) is 0 Å². The summed E-state index contributed by atoms with van der Waals surface area (Å²) in [6, 6.07) is 3.55. The number of rotatable bonds is 2. The molecule has 0 atom stereocenters. The summed E-state index contributed by atoms with van der Waals surface area (Å²) in [6.07, 6.45) is 1.60. The van der Waals surface area contributed by atoms with Gasteiger partial charge in [-0.25, -0.2) is 4.79 Å². The number of hydrogen-bond donors (Lipinski definition) is 1. The highest BCUT2D eigenvalue weighted by atomic mass is 16.5. The molecule has 16 heavy (non-hydrogen) atoms. The Bertz CT molecular complexity index is 338. The maximum absolute atomic E-state index is 11.7. The molecule has 6 heteroatoms. The number of nitrogens with one attached hydrogen (secondary N) is 1. The second-order valence-electron chi connectivity index (χ2n) is 3.47. The first-order valence-electron chi connectivity index (χ1n) is 5.23. The Morgan fingerprint density at radius 3 is 3.00 bits per heavy atom. The van der Waals surface area contributed by atoms with Crippen molar-refractivity contribution < 1.29 is 9.53 Å². The van der Waals surface area contributed by atoms with Gasteiger partial charge in [-0.15, -0.1) is 0 Å². The second kappa shape index (κ2) is 5.41. The van der Waals surface area contributed by atoms with Crippen LogP contribution in [-0.4, -0.2) is 47.4 Å². The van der Waals surface area contributed by atoms with Gasteiger partial charge in [0.15, 0.2) is 0 Å². The van der Waals surface area contributed by atoms with Gasteiger partial charge in [0.1, 0.15) is 0 Å². The van der Waals surface area contributed by atoms with E-state index in [4.69, 9.17) is 4.74 Å². The lowest BCUT2D eigenvalue weighted by Gasteiger charge is -2.26. The minimum absolute atomic E-state index is 0.0750. The summed E-state index contributed by atoms with van der Waals surface area (Å²) in [5, 5.41) is 10.4. The fraction of sp³-hybridized carbons (Fsp3) is 0.500. The van der Waals surface area contributed by atoms with Gasteiger partial charge in [-0.05, 0) is 12.1 Å². The topological polar surface area (TPSA) is 67.4 Å². The number of ether oxygens (including phenoxy) is 1. The third kappa shape index (κ3) is 2.90. The van der Waals surface area contributed by atoms with E-state index in [0.717, 1.165) is 5.69 Å².